The van der Waals surface area contributed by atoms with Gasteiger partial charge in [0.05, 0.1) is 69.2 Å². The number of hydrogen-bond acceptors (Lipinski definition) is 20. The Labute approximate surface area is 836 Å². The maximum absolute atomic E-state index is 13.8. The van der Waals surface area contributed by atoms with Gasteiger partial charge in [-0.05, 0) is 211 Å². The third-order valence-corrected chi connectivity index (χ3v) is 27.4. The number of allylic oxidation sites excluding steroid dienone is 14. The van der Waals surface area contributed by atoms with Crippen molar-refractivity contribution < 1.29 is 98.0 Å². The van der Waals surface area contributed by atoms with Gasteiger partial charge in [-0.2, -0.15) is 0 Å². The summed E-state index contributed by atoms with van der Waals surface area (Å²) in [6.45, 7) is 20.9. The maximum atomic E-state index is 13.8. The fourth-order valence-electron chi connectivity index (χ4n) is 17.6. The van der Waals surface area contributed by atoms with Gasteiger partial charge in [-0.15, -0.1) is 0 Å². The number of nitrogens with one attached hydrogen (secondary N) is 6. The Bertz CT molecular complexity index is 5690. The van der Waals surface area contributed by atoms with E-state index in [2.05, 4.69) is 138 Å². The van der Waals surface area contributed by atoms with Gasteiger partial charge in [0.1, 0.15) is 29.4 Å². The molecule has 752 valence electrons. The molecule has 5 aliphatic rings. The number of ketones is 7. The van der Waals surface area contributed by atoms with Crippen molar-refractivity contribution in [3.63, 3.8) is 0 Å². The topological polar surface area (TPSA) is 455 Å². The lowest BCUT2D eigenvalue weighted by molar-refractivity contribution is -0.145. The Kier molecular flexibility index (Phi) is 42.0. The molecule has 28 nitrogen and oxygen atoms in total. The van der Waals surface area contributed by atoms with E-state index in [4.69, 9.17) is 4.74 Å². The molecule has 4 aromatic carbocycles. The third kappa shape index (κ3) is 33.7. The van der Waals surface area contributed by atoms with Crippen LogP contribution in [0, 0.1) is 34.5 Å². The molecule has 3 unspecified atom stereocenters. The predicted octanol–water partition coefficient (Wildman–Crippen LogP) is 16.8. The van der Waals surface area contributed by atoms with Gasteiger partial charge in [-0.3, -0.25) is 52.7 Å². The van der Waals surface area contributed by atoms with Crippen molar-refractivity contribution in [2.75, 3.05) is 27.2 Å². The second-order valence-electron chi connectivity index (χ2n) is 39.7. The van der Waals surface area contributed by atoms with Crippen molar-refractivity contribution in [2.24, 2.45) is 34.5 Å². The molecule has 1 saturated heterocycles. The van der Waals surface area contributed by atoms with Crippen LogP contribution >= 0.6 is 31.9 Å². The van der Waals surface area contributed by atoms with Crippen molar-refractivity contribution in [2.45, 2.75) is 266 Å². The number of aliphatic hydroxyl groups excluding tert-OH is 5. The zero-order chi connectivity index (χ0) is 103. The summed E-state index contributed by atoms with van der Waals surface area (Å²) in [6.07, 6.45) is 21.9. The number of carbonyl (C=O) groups excluding carboxylic acids is 11. The van der Waals surface area contributed by atoms with Gasteiger partial charge < -0.3 is 76.3 Å². The summed E-state index contributed by atoms with van der Waals surface area (Å²) >= 11 is 7.02. The van der Waals surface area contributed by atoms with Gasteiger partial charge in [-0.1, -0.05) is 194 Å². The van der Waals surface area contributed by atoms with Crippen LogP contribution in [0.2, 0.25) is 0 Å². The smallest absolute Gasteiger partial charge is 0.332 e. The van der Waals surface area contributed by atoms with Gasteiger partial charge in [0.2, 0.25) is 17.7 Å². The Hall–Kier alpha value is -11.3. The highest BCUT2D eigenvalue weighted by molar-refractivity contribution is 9.10. The van der Waals surface area contributed by atoms with E-state index in [1.54, 1.807) is 62.6 Å². The van der Waals surface area contributed by atoms with Gasteiger partial charge in [0, 0.05) is 123 Å². The number of rotatable bonds is 15. The minimum atomic E-state index is -2.50. The number of H-pyrrole nitrogens is 3. The monoisotopic (exact) mass is 2050 g/mol. The standard InChI is InChI=1S/C51H66N4O16.2C20H30O2.C19H12Br2N4/c1-28(10-6-4-5-7-11-29-14-18-35(71-3)19-15-29)43(62)45(64)42-46(65)49(67)54-47-44(63)39(59)24-51(47,70)25-41(61)55(2)27-34(58)20-31(22-37-36-13-9-8-12-30(36)21-38(37)50(68)69)48(66)52-26-33(57)17-16-32(56)23-40(60)53-42;2*1-15-7-6-8-17(3)19(22)10-12-20(4,5)11-9-16(2)14-18(21)13-15;20-10-1-3-12-14(7-22-16(12)5-10)18-9-24-19(25-18)15-8-23-17-6-11(21)2-4-13(15)17/h7-9,11-15,18-19,28,31-32,42-47,56,62-65,70H,4-6,10,16-17,20-27H2,1-3H3,(H,52,66)(H,53,60)(H,54,67)(H,68,69);2*9-10,12-13,17H,6-8,11,14H2,1-5H3;1-9,22-23H,(H,24,25)/b11-7+;2*12-10+,15-13-,16-9+;/t28?,31-,32+,42?,43+,44+,45+,46+,47?,51+;2*17-;/m100./s1. The highest BCUT2D eigenvalue weighted by Gasteiger charge is 2.55. The maximum Gasteiger partial charge on any atom is 0.332 e. The first-order chi connectivity index (χ1) is 66.2. The number of halogens is 2. The highest BCUT2D eigenvalue weighted by atomic mass is 79.9. The molecule has 4 amide bonds. The second kappa shape index (κ2) is 52.4. The Morgan fingerprint density at radius 2 is 1.23 bits per heavy atom. The molecule has 30 heteroatoms. The Balaban J connectivity index is 0.000000253. The normalized spacial score (nSPS) is 25.6. The first-order valence-corrected chi connectivity index (χ1v) is 49.7. The van der Waals surface area contributed by atoms with Gasteiger partial charge in [0.25, 0.3) is 5.91 Å². The lowest BCUT2D eigenvalue weighted by Crippen LogP contribution is -2.63. The minimum absolute atomic E-state index is 0.0149. The van der Waals surface area contributed by atoms with Crippen LogP contribution < -0.4 is 20.7 Å². The second-order valence-corrected chi connectivity index (χ2v) is 41.5. The number of hydrogen-bond donors (Lipinski definition) is 13. The third-order valence-electron chi connectivity index (χ3n) is 26.4. The summed E-state index contributed by atoms with van der Waals surface area (Å²) in [4.78, 5) is 170. The van der Waals surface area contributed by atoms with Crippen molar-refractivity contribution in [1.82, 2.24) is 40.8 Å². The van der Waals surface area contributed by atoms with E-state index in [-0.39, 0.29) is 77.1 Å². The fraction of sp³-hybridized carbons (Fsp3) is 0.464. The number of carboxylic acids is 1. The molecule has 2 fully saturated rings. The number of ether oxygens (including phenoxy) is 1. The van der Waals surface area contributed by atoms with Crippen LogP contribution in [0.1, 0.15) is 228 Å². The van der Waals surface area contributed by atoms with Crippen molar-refractivity contribution >= 4 is 135 Å². The molecule has 12 rings (SSSR count). The van der Waals surface area contributed by atoms with Crippen molar-refractivity contribution in [3.05, 3.63) is 212 Å². The molecule has 0 radical (unpaired) electrons. The number of carbonyl (C=O) groups is 12. The number of nitrogens with zero attached hydrogens (tertiary/aromatic N) is 2. The summed E-state index contributed by atoms with van der Waals surface area (Å²) in [5.74, 6) is -7.14. The Morgan fingerprint density at radius 1 is 0.657 bits per heavy atom. The SMILES string of the molecule is Brc1ccc2c(-c3cnc(-c4c[nH]c5cc(Br)ccc45)[nH]3)c[nH]c2c1.C/C1=C/C(=O)C/C(C)=C/CC(C)(C)/C=C/C(=O)[C@@H](C)CCC1.C/C1=C/C(=O)C/C(C)=C/CC(C)(C)/C=C/C(=O)[C@@H](C)CCC1.COc1ccc(/C=C/CCCCC(C)[C@H](O)[C@@H](O)C2NC(=O)C[C@@H](O)CCC(=O)CNC(=O)[C@@H](CC3=C(C(=O)O)Cc4ccccc43)CC(=O)CN(C)C(=O)C[C@@]3(O)CC(=O)[C@H](O)C3NC(=O)[C@H]2O)cc1. The molecule has 7 aromatic rings. The number of likely N-dealkylation sites (N-methyl/N-ethyl adjacent to an activating group) is 1. The molecular weight excluding hydrogens is 1910 g/mol. The number of carboxylic acid groups (broad SMARTS) is 1. The summed E-state index contributed by atoms with van der Waals surface area (Å²) < 4.78 is 7.29. The summed E-state index contributed by atoms with van der Waals surface area (Å²) in [5.41, 5.74) is 9.71. The van der Waals surface area contributed by atoms with Crippen LogP contribution in [0.25, 0.3) is 56.1 Å². The molecule has 1 aliphatic heterocycles. The molecule has 4 aliphatic carbocycles. The largest absolute Gasteiger partial charge is 0.497 e. The number of aromatic amines is 3. The Morgan fingerprint density at radius 3 is 1.81 bits per heavy atom. The number of fused-ring (bicyclic) bond motifs is 4. The van der Waals surface area contributed by atoms with E-state index >= 15 is 0 Å². The molecule has 4 heterocycles. The highest BCUT2D eigenvalue weighted by Crippen LogP contribution is 2.40. The molecule has 3 aromatic heterocycles. The average molecular weight is 2050 g/mol. The molecular formula is C110H138Br2N8O20. The minimum Gasteiger partial charge on any atom is -0.497 e. The van der Waals surface area contributed by atoms with Crippen molar-refractivity contribution in [3.8, 4) is 28.4 Å². The number of imidazole rings is 1. The zero-order valence-electron chi connectivity index (χ0n) is 82.5. The van der Waals surface area contributed by atoms with Crippen LogP contribution in [-0.4, -0.2) is 206 Å². The van der Waals surface area contributed by atoms with Crippen LogP contribution in [0.3, 0.4) is 0 Å². The van der Waals surface area contributed by atoms with Crippen LogP contribution in [-0.2, 0) is 64.0 Å². The van der Waals surface area contributed by atoms with E-state index < -0.39 is 146 Å². The molecule has 0 bridgehead atoms. The van der Waals surface area contributed by atoms with Crippen LogP contribution in [0.4, 0.5) is 0 Å². The predicted molar refractivity (Wildman–Crippen MR) is 549 cm³/mol. The van der Waals surface area contributed by atoms with Crippen molar-refractivity contribution in [1.29, 1.82) is 0 Å². The number of Topliss-reactive ketones (excluding diaryl/α,β-unsaturated/α-hetero) is 3. The van der Waals surface area contributed by atoms with Gasteiger partial charge in [-0.25, -0.2) is 9.78 Å². The first-order valence-electron chi connectivity index (χ1n) is 48.1. The number of aliphatic carboxylic acids is 1. The summed E-state index contributed by atoms with van der Waals surface area (Å²) in [6, 6.07) is 22.8. The van der Waals surface area contributed by atoms with E-state index in [0.717, 1.165) is 138 Å². The number of unbranched alkanes of at least 4 members (excludes halogenated alkanes) is 2. The molecule has 140 heavy (non-hydrogen) atoms. The summed E-state index contributed by atoms with van der Waals surface area (Å²) in [5, 5.41) is 87.0. The van der Waals surface area contributed by atoms with E-state index in [9.17, 15) is 93.3 Å². The number of amides is 4. The van der Waals surface area contributed by atoms with Crippen LogP contribution in [0.15, 0.2) is 195 Å². The van der Waals surface area contributed by atoms with Crippen LogP contribution in [0.5, 0.6) is 5.75 Å². The fourth-order valence-corrected chi connectivity index (χ4v) is 18.3. The zero-order valence-corrected chi connectivity index (χ0v) is 85.7. The van der Waals surface area contributed by atoms with Gasteiger partial charge >= 0.3 is 5.97 Å². The van der Waals surface area contributed by atoms with Gasteiger partial charge in [0.15, 0.2) is 46.6 Å². The molecule has 1 saturated carbocycles. The summed E-state index contributed by atoms with van der Waals surface area (Å²) in [7, 11) is 2.77. The number of aromatic nitrogens is 4. The first kappa shape index (κ1) is 112. The molecule has 0 spiro atoms. The quantitative estimate of drug-likeness (QED) is 0.0335. The van der Waals surface area contributed by atoms with E-state index in [1.165, 1.54) is 12.4 Å². The van der Waals surface area contributed by atoms with E-state index in [1.807, 2.05) is 115 Å². The van der Waals surface area contributed by atoms with E-state index in [0.29, 0.717) is 55.2 Å². The lowest BCUT2D eigenvalue weighted by atomic mass is 9.86. The lowest BCUT2D eigenvalue weighted by Gasteiger charge is -2.35. The average Bonchev–Trinajstić information content (AvgIpc) is 1.63. The molecule has 13 N–H and O–H groups in total. The number of benzene rings is 4. The number of methoxy groups -OCH3 is 1. The number of aliphatic hydroxyl groups is 6. The molecule has 12 atom stereocenters.